The number of hydrogen-bond donors (Lipinski definition) is 2. The SMILES string of the molecule is COc1ccc(F)c(OB(O)O)c1. The number of ether oxygens (including phenoxy) is 1. The summed E-state index contributed by atoms with van der Waals surface area (Å²) in [4.78, 5) is 0. The van der Waals surface area contributed by atoms with Crippen LogP contribution in [-0.4, -0.2) is 24.5 Å². The van der Waals surface area contributed by atoms with Gasteiger partial charge in [0.05, 0.1) is 7.11 Å². The van der Waals surface area contributed by atoms with Crippen molar-refractivity contribution in [3.63, 3.8) is 0 Å². The fourth-order valence-electron chi connectivity index (χ4n) is 0.815. The predicted molar refractivity (Wildman–Crippen MR) is 43.8 cm³/mol. The molecule has 1 rings (SSSR count). The molecular formula is C7H8BFO4. The molecule has 0 aliphatic heterocycles. The second-order valence-electron chi connectivity index (χ2n) is 2.24. The summed E-state index contributed by atoms with van der Waals surface area (Å²) in [5, 5.41) is 16.8. The van der Waals surface area contributed by atoms with E-state index in [1.165, 1.54) is 19.2 Å². The third-order valence-corrected chi connectivity index (χ3v) is 1.37. The monoisotopic (exact) mass is 186 g/mol. The molecule has 4 nitrogen and oxygen atoms in total. The van der Waals surface area contributed by atoms with Gasteiger partial charge in [0.25, 0.3) is 0 Å². The number of rotatable bonds is 3. The van der Waals surface area contributed by atoms with Gasteiger partial charge in [-0.05, 0) is 12.1 Å². The summed E-state index contributed by atoms with van der Waals surface area (Å²) in [7, 11) is -0.631. The molecule has 0 unspecified atom stereocenters. The molecule has 6 heteroatoms. The fourth-order valence-corrected chi connectivity index (χ4v) is 0.815. The Morgan fingerprint density at radius 2 is 2.08 bits per heavy atom. The Morgan fingerprint density at radius 3 is 2.62 bits per heavy atom. The molecule has 0 aliphatic carbocycles. The van der Waals surface area contributed by atoms with Crippen LogP contribution in [0.25, 0.3) is 0 Å². The molecular weight excluding hydrogens is 178 g/mol. The number of halogens is 1. The van der Waals surface area contributed by atoms with E-state index in [9.17, 15) is 4.39 Å². The van der Waals surface area contributed by atoms with Crippen LogP contribution in [0.1, 0.15) is 0 Å². The number of hydrogen-bond acceptors (Lipinski definition) is 4. The molecule has 1 aromatic rings. The van der Waals surface area contributed by atoms with E-state index in [4.69, 9.17) is 14.8 Å². The smallest absolute Gasteiger partial charge is 0.509 e. The van der Waals surface area contributed by atoms with E-state index in [0.717, 1.165) is 6.07 Å². The molecule has 0 aromatic heterocycles. The van der Waals surface area contributed by atoms with Gasteiger partial charge in [0, 0.05) is 6.07 Å². The van der Waals surface area contributed by atoms with Crippen molar-refractivity contribution in [3.05, 3.63) is 24.0 Å². The van der Waals surface area contributed by atoms with Gasteiger partial charge in [-0.1, -0.05) is 0 Å². The molecule has 0 fully saturated rings. The fraction of sp³-hybridized carbons (Fsp3) is 0.143. The Hall–Kier alpha value is -1.27. The van der Waals surface area contributed by atoms with Crippen LogP contribution in [-0.2, 0) is 0 Å². The molecule has 0 heterocycles. The zero-order chi connectivity index (χ0) is 9.84. The highest BCUT2D eigenvalue weighted by Crippen LogP contribution is 2.23. The first-order valence-electron chi connectivity index (χ1n) is 3.50. The van der Waals surface area contributed by atoms with Crippen LogP contribution in [0.2, 0.25) is 0 Å². The predicted octanol–water partition coefficient (Wildman–Crippen LogP) is 0.183. The van der Waals surface area contributed by atoms with Crippen LogP contribution in [0.15, 0.2) is 18.2 Å². The lowest BCUT2D eigenvalue weighted by Crippen LogP contribution is -2.21. The highest BCUT2D eigenvalue weighted by atomic mass is 19.1. The minimum atomic E-state index is -2.04. The van der Waals surface area contributed by atoms with E-state index < -0.39 is 13.1 Å². The Bertz CT molecular complexity index is 292. The van der Waals surface area contributed by atoms with Crippen LogP contribution in [0, 0.1) is 5.82 Å². The first kappa shape index (κ1) is 9.82. The average molecular weight is 186 g/mol. The van der Waals surface area contributed by atoms with E-state index in [0.29, 0.717) is 5.75 Å². The summed E-state index contributed by atoms with van der Waals surface area (Å²) in [6, 6.07) is 3.72. The average Bonchev–Trinajstić information content (AvgIpc) is 2.08. The Balaban J connectivity index is 2.90. The Morgan fingerprint density at radius 1 is 1.38 bits per heavy atom. The van der Waals surface area contributed by atoms with Gasteiger partial charge in [0.15, 0.2) is 5.82 Å². The van der Waals surface area contributed by atoms with Gasteiger partial charge in [-0.15, -0.1) is 0 Å². The van der Waals surface area contributed by atoms with Gasteiger partial charge in [0.1, 0.15) is 11.5 Å². The second kappa shape index (κ2) is 4.11. The maximum atomic E-state index is 12.9. The van der Waals surface area contributed by atoms with Crippen LogP contribution < -0.4 is 9.39 Å². The Kier molecular flexibility index (Phi) is 3.10. The quantitative estimate of drug-likeness (QED) is 0.661. The van der Waals surface area contributed by atoms with E-state index >= 15 is 0 Å². The standard InChI is InChI=1S/C7H8BFO4/c1-12-5-2-3-6(9)7(4-5)13-8(10)11/h2-4,10-11H,1H3. The summed E-state index contributed by atoms with van der Waals surface area (Å²) in [5.41, 5.74) is 0. The first-order valence-corrected chi connectivity index (χ1v) is 3.50. The van der Waals surface area contributed by atoms with Gasteiger partial charge in [0.2, 0.25) is 0 Å². The minimum absolute atomic E-state index is 0.269. The summed E-state index contributed by atoms with van der Waals surface area (Å²) in [5.74, 6) is -0.583. The Labute approximate surface area is 74.7 Å². The van der Waals surface area contributed by atoms with Crippen LogP contribution >= 0.6 is 0 Å². The maximum Gasteiger partial charge on any atom is 0.707 e. The molecule has 0 amide bonds. The summed E-state index contributed by atoms with van der Waals surface area (Å²) >= 11 is 0. The highest BCUT2D eigenvalue weighted by Gasteiger charge is 2.14. The topological polar surface area (TPSA) is 58.9 Å². The number of methoxy groups -OCH3 is 1. The van der Waals surface area contributed by atoms with Crippen molar-refractivity contribution in [1.29, 1.82) is 0 Å². The van der Waals surface area contributed by atoms with Crippen molar-refractivity contribution in [2.24, 2.45) is 0 Å². The van der Waals surface area contributed by atoms with Gasteiger partial charge in [-0.25, -0.2) is 4.39 Å². The minimum Gasteiger partial charge on any atom is -0.509 e. The molecule has 0 saturated carbocycles. The molecule has 0 aliphatic rings. The normalized spacial score (nSPS) is 9.54. The lowest BCUT2D eigenvalue weighted by atomic mass is 10.2. The van der Waals surface area contributed by atoms with Crippen molar-refractivity contribution in [3.8, 4) is 11.5 Å². The molecule has 0 bridgehead atoms. The van der Waals surface area contributed by atoms with Crippen molar-refractivity contribution < 1.29 is 23.8 Å². The summed E-state index contributed by atoms with van der Waals surface area (Å²) in [6.45, 7) is 0. The zero-order valence-electron chi connectivity index (χ0n) is 6.90. The summed E-state index contributed by atoms with van der Waals surface area (Å²) in [6.07, 6.45) is 0. The van der Waals surface area contributed by atoms with E-state index in [1.54, 1.807) is 0 Å². The van der Waals surface area contributed by atoms with Crippen molar-refractivity contribution >= 4 is 7.32 Å². The third kappa shape index (κ3) is 2.60. The molecule has 13 heavy (non-hydrogen) atoms. The van der Waals surface area contributed by atoms with Gasteiger partial charge >= 0.3 is 7.32 Å². The molecule has 0 radical (unpaired) electrons. The molecule has 0 saturated heterocycles. The van der Waals surface area contributed by atoms with Crippen LogP contribution in [0.3, 0.4) is 0 Å². The highest BCUT2D eigenvalue weighted by molar-refractivity contribution is 6.33. The lowest BCUT2D eigenvalue weighted by Gasteiger charge is -2.07. The van der Waals surface area contributed by atoms with Crippen molar-refractivity contribution in [1.82, 2.24) is 0 Å². The van der Waals surface area contributed by atoms with Gasteiger partial charge < -0.3 is 19.4 Å². The van der Waals surface area contributed by atoms with E-state index in [1.807, 2.05) is 0 Å². The van der Waals surface area contributed by atoms with Crippen LogP contribution in [0.4, 0.5) is 4.39 Å². The van der Waals surface area contributed by atoms with E-state index in [2.05, 4.69) is 4.65 Å². The van der Waals surface area contributed by atoms with Crippen LogP contribution in [0.5, 0.6) is 11.5 Å². The largest absolute Gasteiger partial charge is 0.707 e. The molecule has 0 spiro atoms. The maximum absolute atomic E-state index is 12.9. The van der Waals surface area contributed by atoms with Gasteiger partial charge in [-0.2, -0.15) is 0 Å². The molecule has 1 aromatic carbocycles. The zero-order valence-corrected chi connectivity index (χ0v) is 6.90. The second-order valence-corrected chi connectivity index (χ2v) is 2.24. The van der Waals surface area contributed by atoms with Crippen molar-refractivity contribution in [2.75, 3.05) is 7.11 Å². The lowest BCUT2D eigenvalue weighted by molar-refractivity contribution is 0.281. The third-order valence-electron chi connectivity index (χ3n) is 1.37. The molecule has 2 N–H and O–H groups in total. The molecule has 0 atom stereocenters. The van der Waals surface area contributed by atoms with Crippen molar-refractivity contribution in [2.45, 2.75) is 0 Å². The summed E-state index contributed by atoms with van der Waals surface area (Å²) < 4.78 is 22.0. The van der Waals surface area contributed by atoms with E-state index in [-0.39, 0.29) is 5.75 Å². The first-order chi connectivity index (χ1) is 6.13. The van der Waals surface area contributed by atoms with Gasteiger partial charge in [-0.3, -0.25) is 0 Å². The molecule has 70 valence electrons. The number of benzene rings is 1.